The largest absolute Gasteiger partial charge is 0.406 e. The van der Waals surface area contributed by atoms with Crippen LogP contribution < -0.4 is 5.32 Å². The van der Waals surface area contributed by atoms with Gasteiger partial charge in [0.05, 0.1) is 0 Å². The normalized spacial score (nSPS) is 10.7. The number of nitrogens with one attached hydrogen (secondary N) is 1. The molecule has 0 bridgehead atoms. The predicted molar refractivity (Wildman–Crippen MR) is 73.1 cm³/mol. The number of benzene rings is 1. The van der Waals surface area contributed by atoms with Gasteiger partial charge in [-0.05, 0) is 37.1 Å². The van der Waals surface area contributed by atoms with E-state index in [2.05, 4.69) is 15.5 Å². The first-order valence-electron chi connectivity index (χ1n) is 6.08. The highest BCUT2D eigenvalue weighted by molar-refractivity contribution is 6.30. The number of halogens is 1. The van der Waals surface area contributed by atoms with Gasteiger partial charge in [0.1, 0.15) is 6.61 Å². The molecule has 0 fully saturated rings. The van der Waals surface area contributed by atoms with Crippen molar-refractivity contribution in [1.82, 2.24) is 10.2 Å². The number of aromatic nitrogens is 2. The fourth-order valence-corrected chi connectivity index (χ4v) is 1.83. The lowest BCUT2D eigenvalue weighted by atomic mass is 10.1. The average Bonchev–Trinajstić information content (AvgIpc) is 2.83. The Bertz CT molecular complexity index is 542. The molecule has 1 heterocycles. The summed E-state index contributed by atoms with van der Waals surface area (Å²) in [6, 6.07) is 6.15. The molecule has 0 aliphatic heterocycles. The van der Waals surface area contributed by atoms with Crippen LogP contribution in [0, 0.1) is 6.92 Å². The van der Waals surface area contributed by atoms with Gasteiger partial charge in [0.25, 0.3) is 0 Å². The van der Waals surface area contributed by atoms with E-state index in [1.54, 1.807) is 0 Å². The zero-order valence-corrected chi connectivity index (χ0v) is 11.7. The molecule has 0 aliphatic carbocycles. The summed E-state index contributed by atoms with van der Waals surface area (Å²) in [6.45, 7) is 5.50. The summed E-state index contributed by atoms with van der Waals surface area (Å²) in [5.74, 6) is 0.470. The molecule has 1 aromatic carbocycles. The predicted octanol–water partition coefficient (Wildman–Crippen LogP) is 3.18. The van der Waals surface area contributed by atoms with Crippen LogP contribution in [0.3, 0.4) is 0 Å². The summed E-state index contributed by atoms with van der Waals surface area (Å²) in [5, 5.41) is 11.6. The maximum atomic E-state index is 5.91. The van der Waals surface area contributed by atoms with E-state index < -0.39 is 0 Å². The minimum atomic E-state index is 0.338. The van der Waals surface area contributed by atoms with Crippen molar-refractivity contribution in [1.29, 1.82) is 0 Å². The number of hydrogen-bond donors (Lipinski definition) is 1. The first-order valence-corrected chi connectivity index (χ1v) is 6.46. The van der Waals surface area contributed by atoms with Crippen molar-refractivity contribution in [2.24, 2.45) is 0 Å². The summed E-state index contributed by atoms with van der Waals surface area (Å²) < 4.78 is 10.6. The van der Waals surface area contributed by atoms with Gasteiger partial charge in [0.15, 0.2) is 0 Å². The minimum absolute atomic E-state index is 0.338. The molecule has 1 N–H and O–H groups in total. The smallest absolute Gasteiger partial charge is 0.315 e. The van der Waals surface area contributed by atoms with Crippen LogP contribution in [0.5, 0.6) is 0 Å². The van der Waals surface area contributed by atoms with E-state index in [1.807, 2.05) is 32.0 Å². The summed E-state index contributed by atoms with van der Waals surface area (Å²) >= 11 is 5.91. The SMILES string of the molecule is CCOCc1nnc(NCc2ccc(Cl)cc2C)o1. The van der Waals surface area contributed by atoms with Crippen molar-refractivity contribution in [3.63, 3.8) is 0 Å². The van der Waals surface area contributed by atoms with Gasteiger partial charge in [-0.3, -0.25) is 0 Å². The van der Waals surface area contributed by atoms with Crippen molar-refractivity contribution < 1.29 is 9.15 Å². The van der Waals surface area contributed by atoms with E-state index >= 15 is 0 Å². The molecule has 1 aromatic heterocycles. The summed E-state index contributed by atoms with van der Waals surface area (Å²) in [6.07, 6.45) is 0. The van der Waals surface area contributed by atoms with Gasteiger partial charge in [0, 0.05) is 18.2 Å². The van der Waals surface area contributed by atoms with Crippen molar-refractivity contribution in [3.8, 4) is 0 Å². The van der Waals surface area contributed by atoms with E-state index in [0.717, 1.165) is 16.1 Å². The van der Waals surface area contributed by atoms with E-state index in [4.69, 9.17) is 20.8 Å². The molecule has 2 rings (SSSR count). The molecule has 0 saturated carbocycles. The van der Waals surface area contributed by atoms with Gasteiger partial charge in [-0.25, -0.2) is 0 Å². The Hall–Kier alpha value is -1.59. The van der Waals surface area contributed by atoms with Crippen LogP contribution in [-0.2, 0) is 17.9 Å². The van der Waals surface area contributed by atoms with E-state index in [0.29, 0.717) is 31.7 Å². The second kappa shape index (κ2) is 6.54. The van der Waals surface area contributed by atoms with Crippen LogP contribution in [0.4, 0.5) is 6.01 Å². The van der Waals surface area contributed by atoms with Crippen LogP contribution in [0.2, 0.25) is 5.02 Å². The lowest BCUT2D eigenvalue weighted by Gasteiger charge is -2.06. The minimum Gasteiger partial charge on any atom is -0.406 e. The molecule has 0 spiro atoms. The fourth-order valence-electron chi connectivity index (χ4n) is 1.60. The highest BCUT2D eigenvalue weighted by Crippen LogP contribution is 2.16. The third kappa shape index (κ3) is 3.94. The molecular formula is C13H16ClN3O2. The third-order valence-electron chi connectivity index (χ3n) is 2.63. The monoisotopic (exact) mass is 281 g/mol. The molecule has 0 amide bonds. The molecule has 0 unspecified atom stereocenters. The topological polar surface area (TPSA) is 60.2 Å². The van der Waals surface area contributed by atoms with Crippen LogP contribution in [0.15, 0.2) is 22.6 Å². The Morgan fingerprint density at radius 3 is 2.95 bits per heavy atom. The van der Waals surface area contributed by atoms with E-state index in [1.165, 1.54) is 0 Å². The Labute approximate surface area is 116 Å². The number of rotatable bonds is 6. The zero-order valence-electron chi connectivity index (χ0n) is 10.9. The Morgan fingerprint density at radius 1 is 1.37 bits per heavy atom. The first kappa shape index (κ1) is 13.8. The quantitative estimate of drug-likeness (QED) is 0.881. The lowest BCUT2D eigenvalue weighted by molar-refractivity contribution is 0.115. The molecular weight excluding hydrogens is 266 g/mol. The number of aryl methyl sites for hydroxylation is 1. The van der Waals surface area contributed by atoms with Crippen LogP contribution in [0.1, 0.15) is 23.9 Å². The van der Waals surface area contributed by atoms with Crippen LogP contribution in [0.25, 0.3) is 0 Å². The van der Waals surface area contributed by atoms with Gasteiger partial charge < -0.3 is 14.5 Å². The number of anilines is 1. The summed E-state index contributed by atoms with van der Waals surface area (Å²) in [5.41, 5.74) is 2.25. The molecule has 0 aliphatic rings. The van der Waals surface area contributed by atoms with Gasteiger partial charge in [0.2, 0.25) is 5.89 Å². The lowest BCUT2D eigenvalue weighted by Crippen LogP contribution is -2.01. The molecule has 6 heteroatoms. The zero-order chi connectivity index (χ0) is 13.7. The molecule has 0 saturated heterocycles. The van der Waals surface area contributed by atoms with Crippen molar-refractivity contribution >= 4 is 17.6 Å². The Kier molecular flexibility index (Phi) is 4.76. The molecule has 102 valence electrons. The van der Waals surface area contributed by atoms with Gasteiger partial charge in [-0.15, -0.1) is 5.10 Å². The van der Waals surface area contributed by atoms with E-state index in [9.17, 15) is 0 Å². The number of hydrogen-bond acceptors (Lipinski definition) is 5. The van der Waals surface area contributed by atoms with Crippen LogP contribution in [-0.4, -0.2) is 16.8 Å². The third-order valence-corrected chi connectivity index (χ3v) is 2.87. The molecule has 5 nitrogen and oxygen atoms in total. The van der Waals surface area contributed by atoms with Crippen molar-refractivity contribution in [3.05, 3.63) is 40.2 Å². The fraction of sp³-hybridized carbons (Fsp3) is 0.385. The second-order valence-electron chi connectivity index (χ2n) is 4.06. The van der Waals surface area contributed by atoms with Crippen molar-refractivity contribution in [2.45, 2.75) is 27.0 Å². The molecule has 0 atom stereocenters. The standard InChI is InChI=1S/C13H16ClN3O2/c1-3-18-8-12-16-17-13(19-12)15-7-10-4-5-11(14)6-9(10)2/h4-6H,3,7-8H2,1-2H3,(H,15,17). The maximum Gasteiger partial charge on any atom is 0.315 e. The van der Waals surface area contributed by atoms with Crippen LogP contribution >= 0.6 is 11.6 Å². The number of ether oxygens (including phenoxy) is 1. The van der Waals surface area contributed by atoms with Gasteiger partial charge in [-0.2, -0.15) is 0 Å². The van der Waals surface area contributed by atoms with E-state index in [-0.39, 0.29) is 0 Å². The number of nitrogens with zero attached hydrogens (tertiary/aromatic N) is 2. The second-order valence-corrected chi connectivity index (χ2v) is 4.50. The Balaban J connectivity index is 1.92. The van der Waals surface area contributed by atoms with Gasteiger partial charge in [-0.1, -0.05) is 22.8 Å². The molecule has 19 heavy (non-hydrogen) atoms. The summed E-state index contributed by atoms with van der Waals surface area (Å²) in [7, 11) is 0. The first-order chi connectivity index (χ1) is 9.19. The highest BCUT2D eigenvalue weighted by atomic mass is 35.5. The van der Waals surface area contributed by atoms with Crippen molar-refractivity contribution in [2.75, 3.05) is 11.9 Å². The van der Waals surface area contributed by atoms with Gasteiger partial charge >= 0.3 is 6.01 Å². The Morgan fingerprint density at radius 2 is 2.21 bits per heavy atom. The highest BCUT2D eigenvalue weighted by Gasteiger charge is 2.06. The molecule has 2 aromatic rings. The average molecular weight is 282 g/mol. The summed E-state index contributed by atoms with van der Waals surface area (Å²) in [4.78, 5) is 0. The molecule has 0 radical (unpaired) electrons. The maximum absolute atomic E-state index is 5.91.